The monoisotopic (exact) mass is 289 g/mol. The molecule has 2 atom stereocenters. The summed E-state index contributed by atoms with van der Waals surface area (Å²) in [4.78, 5) is 12.1. The second-order valence-electron chi connectivity index (χ2n) is 5.88. The van der Waals surface area contributed by atoms with Gasteiger partial charge in [0.15, 0.2) is 0 Å². The van der Waals surface area contributed by atoms with E-state index in [9.17, 15) is 4.79 Å². The van der Waals surface area contributed by atoms with Gasteiger partial charge < -0.3 is 10.1 Å². The van der Waals surface area contributed by atoms with E-state index in [0.717, 1.165) is 19.4 Å². The highest BCUT2D eigenvalue weighted by atomic mass is 16.5. The quantitative estimate of drug-likeness (QED) is 0.812. The Hall–Kier alpha value is -1.35. The molecule has 0 heterocycles. The summed E-state index contributed by atoms with van der Waals surface area (Å²) in [6.07, 6.45) is 5.05. The fourth-order valence-electron chi connectivity index (χ4n) is 3.72. The average molecular weight is 289 g/mol. The Balaban J connectivity index is 2.27. The third-order valence-electron chi connectivity index (χ3n) is 4.53. The van der Waals surface area contributed by atoms with Gasteiger partial charge in [0, 0.05) is 11.5 Å². The van der Waals surface area contributed by atoms with Crippen LogP contribution < -0.4 is 5.32 Å². The van der Waals surface area contributed by atoms with Crippen molar-refractivity contribution >= 4 is 5.97 Å². The van der Waals surface area contributed by atoms with Crippen LogP contribution >= 0.6 is 0 Å². The van der Waals surface area contributed by atoms with Gasteiger partial charge in [-0.1, -0.05) is 50.1 Å². The number of hydrogen-bond donors (Lipinski definition) is 1. The van der Waals surface area contributed by atoms with Crippen molar-refractivity contribution in [1.29, 1.82) is 0 Å². The van der Waals surface area contributed by atoms with Crippen LogP contribution in [-0.4, -0.2) is 24.7 Å². The van der Waals surface area contributed by atoms with E-state index in [1.165, 1.54) is 18.4 Å². The highest BCUT2D eigenvalue weighted by Crippen LogP contribution is 2.43. The first-order chi connectivity index (χ1) is 10.2. The number of benzene rings is 1. The molecule has 1 aliphatic rings. The third-order valence-corrected chi connectivity index (χ3v) is 4.53. The molecule has 0 radical (unpaired) electrons. The minimum Gasteiger partial charge on any atom is -0.466 e. The van der Waals surface area contributed by atoms with Crippen molar-refractivity contribution in [3.05, 3.63) is 35.9 Å². The molecule has 0 aliphatic heterocycles. The molecule has 3 nitrogen and oxygen atoms in total. The molecule has 1 aliphatic carbocycles. The van der Waals surface area contributed by atoms with E-state index in [4.69, 9.17) is 4.74 Å². The zero-order chi connectivity index (χ0) is 15.1. The van der Waals surface area contributed by atoms with Gasteiger partial charge in [-0.05, 0) is 31.9 Å². The van der Waals surface area contributed by atoms with Gasteiger partial charge in [0.25, 0.3) is 0 Å². The number of nitrogens with one attached hydrogen (secondary N) is 1. The lowest BCUT2D eigenvalue weighted by Gasteiger charge is -2.45. The molecule has 2 rings (SSSR count). The van der Waals surface area contributed by atoms with Gasteiger partial charge in [-0.15, -0.1) is 0 Å². The number of carbonyl (C=O) groups is 1. The van der Waals surface area contributed by atoms with Crippen molar-refractivity contribution in [3.8, 4) is 0 Å². The fourth-order valence-corrected chi connectivity index (χ4v) is 3.72. The number of likely N-dealkylation sites (N-methyl/N-ethyl adjacent to an activating group) is 1. The first-order valence-electron chi connectivity index (χ1n) is 8.17. The summed E-state index contributed by atoms with van der Waals surface area (Å²) in [6, 6.07) is 10.6. The first-order valence-corrected chi connectivity index (χ1v) is 8.17. The molecule has 2 unspecified atom stereocenters. The van der Waals surface area contributed by atoms with E-state index in [-0.39, 0.29) is 11.5 Å². The van der Waals surface area contributed by atoms with Crippen molar-refractivity contribution in [2.75, 3.05) is 13.2 Å². The number of carbonyl (C=O) groups excluding carboxylic acids is 1. The van der Waals surface area contributed by atoms with Crippen LogP contribution in [0.1, 0.15) is 57.4 Å². The second-order valence-corrected chi connectivity index (χ2v) is 5.88. The molecule has 116 valence electrons. The molecule has 21 heavy (non-hydrogen) atoms. The summed E-state index contributed by atoms with van der Waals surface area (Å²) in [5.74, 6) is 0.304. The van der Waals surface area contributed by atoms with Crippen LogP contribution in [0, 0.1) is 0 Å². The van der Waals surface area contributed by atoms with Crippen LogP contribution in [0.2, 0.25) is 0 Å². The van der Waals surface area contributed by atoms with Crippen LogP contribution in [0.5, 0.6) is 0 Å². The maximum absolute atomic E-state index is 12.1. The maximum atomic E-state index is 12.1. The Morgan fingerprint density at radius 3 is 2.71 bits per heavy atom. The van der Waals surface area contributed by atoms with E-state index in [0.29, 0.717) is 18.9 Å². The summed E-state index contributed by atoms with van der Waals surface area (Å²) >= 11 is 0. The molecule has 0 spiro atoms. The first kappa shape index (κ1) is 16.0. The third kappa shape index (κ3) is 3.85. The van der Waals surface area contributed by atoms with Gasteiger partial charge in [-0.25, -0.2) is 0 Å². The molecule has 1 aromatic carbocycles. The van der Waals surface area contributed by atoms with E-state index in [1.807, 2.05) is 13.0 Å². The van der Waals surface area contributed by atoms with Crippen molar-refractivity contribution in [1.82, 2.24) is 5.32 Å². The van der Waals surface area contributed by atoms with Crippen LogP contribution in [0.4, 0.5) is 0 Å². The lowest BCUT2D eigenvalue weighted by molar-refractivity contribution is -0.145. The SMILES string of the molecule is CCNC1(CC(=O)OCC)CCCCC1c1ccccc1. The highest BCUT2D eigenvalue weighted by Gasteiger charge is 2.42. The molecule has 1 N–H and O–H groups in total. The lowest BCUT2D eigenvalue weighted by Crippen LogP contribution is -2.53. The molecule has 1 saturated carbocycles. The predicted molar refractivity (Wildman–Crippen MR) is 85.3 cm³/mol. The van der Waals surface area contributed by atoms with E-state index >= 15 is 0 Å². The van der Waals surface area contributed by atoms with Crippen molar-refractivity contribution < 1.29 is 9.53 Å². The lowest BCUT2D eigenvalue weighted by atomic mass is 9.68. The Morgan fingerprint density at radius 2 is 2.05 bits per heavy atom. The van der Waals surface area contributed by atoms with Crippen molar-refractivity contribution in [2.24, 2.45) is 0 Å². The molecule has 0 bridgehead atoms. The zero-order valence-corrected chi connectivity index (χ0v) is 13.2. The number of hydrogen-bond acceptors (Lipinski definition) is 3. The van der Waals surface area contributed by atoms with Crippen LogP contribution in [0.25, 0.3) is 0 Å². The molecular weight excluding hydrogens is 262 g/mol. The molecule has 1 aromatic rings. The normalized spacial score (nSPS) is 25.5. The molecule has 0 amide bonds. The maximum Gasteiger partial charge on any atom is 0.307 e. The standard InChI is InChI=1S/C18H27NO2/c1-3-19-18(14-17(20)21-4-2)13-9-8-12-16(18)15-10-6-5-7-11-15/h5-7,10-11,16,19H,3-4,8-9,12-14H2,1-2H3. The topological polar surface area (TPSA) is 38.3 Å². The molecular formula is C18H27NO2. The van der Waals surface area contributed by atoms with Gasteiger partial charge in [0.2, 0.25) is 0 Å². The van der Waals surface area contributed by atoms with Gasteiger partial charge in [-0.2, -0.15) is 0 Å². The van der Waals surface area contributed by atoms with Crippen LogP contribution in [0.3, 0.4) is 0 Å². The highest BCUT2D eigenvalue weighted by molar-refractivity contribution is 5.71. The van der Waals surface area contributed by atoms with Crippen molar-refractivity contribution in [3.63, 3.8) is 0 Å². The average Bonchev–Trinajstić information content (AvgIpc) is 2.49. The van der Waals surface area contributed by atoms with Crippen molar-refractivity contribution in [2.45, 2.75) is 57.4 Å². The Labute approximate surface area is 128 Å². The second kappa shape index (κ2) is 7.60. The number of rotatable bonds is 6. The molecule has 0 aromatic heterocycles. The van der Waals surface area contributed by atoms with Gasteiger partial charge >= 0.3 is 5.97 Å². The van der Waals surface area contributed by atoms with Gasteiger partial charge in [-0.3, -0.25) is 4.79 Å². The summed E-state index contributed by atoms with van der Waals surface area (Å²) < 4.78 is 5.22. The summed E-state index contributed by atoms with van der Waals surface area (Å²) in [6.45, 7) is 5.32. The molecule has 3 heteroatoms. The Kier molecular flexibility index (Phi) is 5.80. The smallest absolute Gasteiger partial charge is 0.307 e. The van der Waals surface area contributed by atoms with Gasteiger partial charge in [0.1, 0.15) is 0 Å². The summed E-state index contributed by atoms with van der Waals surface area (Å²) in [5.41, 5.74) is 1.18. The number of ether oxygens (including phenoxy) is 1. The van der Waals surface area contributed by atoms with E-state index < -0.39 is 0 Å². The van der Waals surface area contributed by atoms with Crippen LogP contribution in [0.15, 0.2) is 30.3 Å². The largest absolute Gasteiger partial charge is 0.466 e. The Bertz CT molecular complexity index is 442. The fraction of sp³-hybridized carbons (Fsp3) is 0.611. The predicted octanol–water partition coefficient (Wildman–Crippen LogP) is 3.65. The van der Waals surface area contributed by atoms with Gasteiger partial charge in [0.05, 0.1) is 13.0 Å². The number of esters is 1. The minimum absolute atomic E-state index is 0.0821. The summed E-state index contributed by atoms with van der Waals surface area (Å²) in [7, 11) is 0. The van der Waals surface area contributed by atoms with Crippen LogP contribution in [-0.2, 0) is 9.53 Å². The van der Waals surface area contributed by atoms with E-state index in [2.05, 4.69) is 36.5 Å². The zero-order valence-electron chi connectivity index (χ0n) is 13.2. The van der Waals surface area contributed by atoms with E-state index in [1.54, 1.807) is 0 Å². The molecule has 1 fully saturated rings. The molecule has 0 saturated heterocycles. The summed E-state index contributed by atoms with van der Waals surface area (Å²) in [5, 5.41) is 3.64. The minimum atomic E-state index is -0.152. The Morgan fingerprint density at radius 1 is 1.29 bits per heavy atom.